The Morgan fingerprint density at radius 3 is 2.68 bits per heavy atom. The summed E-state index contributed by atoms with van der Waals surface area (Å²) in [6.07, 6.45) is 3.65. The second-order valence-electron chi connectivity index (χ2n) is 4.94. The molecule has 0 atom stereocenters. The summed E-state index contributed by atoms with van der Waals surface area (Å²) in [6.45, 7) is 3.16. The summed E-state index contributed by atoms with van der Waals surface area (Å²) in [4.78, 5) is 0. The number of nitrogens with zero attached hydrogens (tertiary/aromatic N) is 3. The number of hydrogen-bond acceptors (Lipinski definition) is 3. The molecule has 0 N–H and O–H groups in total. The lowest BCUT2D eigenvalue weighted by molar-refractivity contribution is 0.643. The van der Waals surface area contributed by atoms with Crippen LogP contribution in [0, 0.1) is 0 Å². The van der Waals surface area contributed by atoms with Gasteiger partial charge in [-0.05, 0) is 31.7 Å². The van der Waals surface area contributed by atoms with E-state index in [-0.39, 0.29) is 0 Å². The number of benzene rings is 1. The summed E-state index contributed by atoms with van der Waals surface area (Å²) < 4.78 is 2.29. The number of aromatic nitrogens is 3. The van der Waals surface area contributed by atoms with Gasteiger partial charge < -0.3 is 4.57 Å². The maximum Gasteiger partial charge on any atom is 0.191 e. The zero-order chi connectivity index (χ0) is 13.1. The molecule has 0 spiro atoms. The van der Waals surface area contributed by atoms with Crippen LogP contribution in [0.25, 0.3) is 0 Å². The molecule has 1 aromatic heterocycles. The number of rotatable bonds is 6. The summed E-state index contributed by atoms with van der Waals surface area (Å²) in [5.41, 5.74) is 1.39. The monoisotopic (exact) mass is 273 g/mol. The Bertz CT molecular complexity index is 532. The molecule has 2 aromatic rings. The molecular formula is C15H19N3S. The third-order valence-corrected chi connectivity index (χ3v) is 4.44. The average molecular weight is 273 g/mol. The van der Waals surface area contributed by atoms with Gasteiger partial charge in [-0.1, -0.05) is 42.1 Å². The Labute approximate surface area is 118 Å². The van der Waals surface area contributed by atoms with Gasteiger partial charge in [-0.15, -0.1) is 10.2 Å². The van der Waals surface area contributed by atoms with Crippen molar-refractivity contribution in [1.82, 2.24) is 14.8 Å². The highest BCUT2D eigenvalue weighted by Gasteiger charge is 2.29. The summed E-state index contributed by atoms with van der Waals surface area (Å²) >= 11 is 1.82. The third kappa shape index (κ3) is 3.00. The Hall–Kier alpha value is -1.29. The molecule has 1 aliphatic carbocycles. The third-order valence-electron chi connectivity index (χ3n) is 3.47. The van der Waals surface area contributed by atoms with E-state index in [1.165, 1.54) is 24.2 Å². The Morgan fingerprint density at radius 1 is 1.21 bits per heavy atom. The van der Waals surface area contributed by atoms with E-state index in [0.717, 1.165) is 23.9 Å². The fourth-order valence-electron chi connectivity index (χ4n) is 2.25. The normalized spacial score (nSPS) is 14.8. The van der Waals surface area contributed by atoms with Crippen LogP contribution in [0.4, 0.5) is 0 Å². The van der Waals surface area contributed by atoms with Gasteiger partial charge in [0.05, 0.1) is 0 Å². The summed E-state index contributed by atoms with van der Waals surface area (Å²) in [5.74, 6) is 2.94. The molecule has 3 nitrogen and oxygen atoms in total. The van der Waals surface area contributed by atoms with Gasteiger partial charge in [0.1, 0.15) is 5.82 Å². The van der Waals surface area contributed by atoms with Crippen molar-refractivity contribution >= 4 is 11.8 Å². The minimum absolute atomic E-state index is 0.677. The first kappa shape index (κ1) is 12.7. The zero-order valence-corrected chi connectivity index (χ0v) is 12.1. The van der Waals surface area contributed by atoms with Crippen LogP contribution >= 0.6 is 11.8 Å². The maximum absolute atomic E-state index is 4.37. The van der Waals surface area contributed by atoms with Crippen molar-refractivity contribution in [3.8, 4) is 0 Å². The second kappa shape index (κ2) is 5.78. The van der Waals surface area contributed by atoms with Crippen molar-refractivity contribution in [3.05, 3.63) is 41.7 Å². The smallest absolute Gasteiger partial charge is 0.191 e. The highest BCUT2D eigenvalue weighted by atomic mass is 32.2. The van der Waals surface area contributed by atoms with Crippen molar-refractivity contribution in [1.29, 1.82) is 0 Å². The van der Waals surface area contributed by atoms with Crippen LogP contribution in [-0.2, 0) is 13.0 Å². The van der Waals surface area contributed by atoms with Crippen LogP contribution in [0.15, 0.2) is 35.5 Å². The van der Waals surface area contributed by atoms with Gasteiger partial charge in [0, 0.05) is 18.2 Å². The quantitative estimate of drug-likeness (QED) is 0.755. The van der Waals surface area contributed by atoms with Crippen LogP contribution in [0.3, 0.4) is 0 Å². The topological polar surface area (TPSA) is 30.7 Å². The highest BCUT2D eigenvalue weighted by molar-refractivity contribution is 7.99. The molecule has 3 rings (SSSR count). The molecule has 1 aliphatic rings. The van der Waals surface area contributed by atoms with Crippen LogP contribution in [0.2, 0.25) is 0 Å². The van der Waals surface area contributed by atoms with Gasteiger partial charge in [-0.2, -0.15) is 0 Å². The number of hydrogen-bond donors (Lipinski definition) is 0. The van der Waals surface area contributed by atoms with Gasteiger partial charge in [0.25, 0.3) is 0 Å². The van der Waals surface area contributed by atoms with Crippen molar-refractivity contribution < 1.29 is 0 Å². The van der Waals surface area contributed by atoms with Crippen molar-refractivity contribution in [2.45, 2.75) is 43.8 Å². The van der Waals surface area contributed by atoms with Crippen LogP contribution in [0.5, 0.6) is 0 Å². The van der Waals surface area contributed by atoms with E-state index in [4.69, 9.17) is 0 Å². The summed E-state index contributed by atoms with van der Waals surface area (Å²) in [7, 11) is 0. The molecule has 0 radical (unpaired) electrons. The largest absolute Gasteiger partial charge is 0.306 e. The second-order valence-corrected chi connectivity index (χ2v) is 6.01. The van der Waals surface area contributed by atoms with E-state index in [1.807, 2.05) is 11.8 Å². The molecule has 0 unspecified atom stereocenters. The first-order valence-electron chi connectivity index (χ1n) is 6.98. The van der Waals surface area contributed by atoms with E-state index in [0.29, 0.717) is 5.92 Å². The molecule has 1 aromatic carbocycles. The lowest BCUT2D eigenvalue weighted by atomic mass is 10.2. The van der Waals surface area contributed by atoms with E-state index < -0.39 is 0 Å². The molecule has 1 heterocycles. The predicted octanol–water partition coefficient (Wildman–Crippen LogP) is 3.51. The van der Waals surface area contributed by atoms with Crippen molar-refractivity contribution in [2.24, 2.45) is 0 Å². The lowest BCUT2D eigenvalue weighted by Crippen LogP contribution is -2.02. The van der Waals surface area contributed by atoms with E-state index >= 15 is 0 Å². The van der Waals surface area contributed by atoms with Crippen molar-refractivity contribution in [2.75, 3.05) is 5.75 Å². The number of thioether (sulfide) groups is 1. The van der Waals surface area contributed by atoms with E-state index in [9.17, 15) is 0 Å². The van der Waals surface area contributed by atoms with E-state index in [2.05, 4.69) is 52.0 Å². The highest BCUT2D eigenvalue weighted by Crippen LogP contribution is 2.39. The summed E-state index contributed by atoms with van der Waals surface area (Å²) in [6, 6.07) is 10.6. The van der Waals surface area contributed by atoms with Gasteiger partial charge in [0.15, 0.2) is 5.16 Å². The fraction of sp³-hybridized carbons (Fsp3) is 0.467. The predicted molar refractivity (Wildman–Crippen MR) is 78.5 cm³/mol. The molecule has 0 aliphatic heterocycles. The number of aryl methyl sites for hydroxylation is 1. The maximum atomic E-state index is 4.37. The SMILES string of the molecule is CCn1c(SCCc2ccccc2)nnc1C1CC1. The van der Waals surface area contributed by atoms with Gasteiger partial charge in [0.2, 0.25) is 0 Å². The molecule has 4 heteroatoms. The van der Waals surface area contributed by atoms with E-state index in [1.54, 1.807) is 0 Å². The van der Waals surface area contributed by atoms with Gasteiger partial charge in [-0.25, -0.2) is 0 Å². The molecule has 1 fully saturated rings. The molecule has 0 bridgehead atoms. The molecule has 100 valence electrons. The fourth-order valence-corrected chi connectivity index (χ4v) is 3.25. The standard InChI is InChI=1S/C15H19N3S/c1-2-18-14(13-8-9-13)16-17-15(18)19-11-10-12-6-4-3-5-7-12/h3-7,13H,2,8-11H2,1H3. The Morgan fingerprint density at radius 2 is 2.00 bits per heavy atom. The van der Waals surface area contributed by atoms with Crippen LogP contribution in [-0.4, -0.2) is 20.5 Å². The first-order chi connectivity index (χ1) is 9.38. The lowest BCUT2D eigenvalue weighted by Gasteiger charge is -2.06. The molecule has 0 amide bonds. The average Bonchev–Trinajstić information content (AvgIpc) is 3.21. The van der Waals surface area contributed by atoms with Gasteiger partial charge in [-0.3, -0.25) is 0 Å². The van der Waals surface area contributed by atoms with Crippen LogP contribution < -0.4 is 0 Å². The minimum atomic E-state index is 0.677. The van der Waals surface area contributed by atoms with Gasteiger partial charge >= 0.3 is 0 Å². The Kier molecular flexibility index (Phi) is 3.87. The molecular weight excluding hydrogens is 254 g/mol. The Balaban J connectivity index is 1.60. The van der Waals surface area contributed by atoms with Crippen LogP contribution in [0.1, 0.15) is 37.1 Å². The molecule has 0 saturated heterocycles. The molecule has 1 saturated carbocycles. The zero-order valence-electron chi connectivity index (χ0n) is 11.2. The molecule has 19 heavy (non-hydrogen) atoms. The first-order valence-corrected chi connectivity index (χ1v) is 7.97. The minimum Gasteiger partial charge on any atom is -0.306 e. The van der Waals surface area contributed by atoms with Crippen molar-refractivity contribution in [3.63, 3.8) is 0 Å². The summed E-state index contributed by atoms with van der Waals surface area (Å²) in [5, 5.41) is 9.81.